The molecule has 16 heavy (non-hydrogen) atoms. The molecule has 0 aliphatic rings. The molecule has 3 rings (SSSR count). The minimum atomic E-state index is 0.264. The summed E-state index contributed by atoms with van der Waals surface area (Å²) in [4.78, 5) is 0. The molecule has 0 aliphatic carbocycles. The molecule has 0 amide bonds. The van der Waals surface area contributed by atoms with Crippen LogP contribution in [0.5, 0.6) is 0 Å². The van der Waals surface area contributed by atoms with Crippen molar-refractivity contribution in [2.75, 3.05) is 0 Å². The predicted octanol–water partition coefficient (Wildman–Crippen LogP) is 2.09. The van der Waals surface area contributed by atoms with Gasteiger partial charge in [0.1, 0.15) is 0 Å². The molecule has 3 aromatic rings. The molecule has 2 aromatic carbocycles. The Morgan fingerprint density at radius 1 is 0.812 bits per heavy atom. The van der Waals surface area contributed by atoms with Crippen molar-refractivity contribution in [1.82, 2.24) is 0 Å². The van der Waals surface area contributed by atoms with Gasteiger partial charge in [-0.2, -0.15) is 0 Å². The fourth-order valence-corrected chi connectivity index (χ4v) is 3.38. The van der Waals surface area contributed by atoms with E-state index in [1.54, 1.807) is 0 Å². The Balaban J connectivity index is 1.95. The van der Waals surface area contributed by atoms with Crippen molar-refractivity contribution in [2.45, 2.75) is 0 Å². The zero-order chi connectivity index (χ0) is 10.8. The summed E-state index contributed by atoms with van der Waals surface area (Å²) in [7, 11) is 0. The first-order valence-corrected chi connectivity index (χ1v) is 6.84. The minimum absolute atomic E-state index is 0.264. The van der Waals surface area contributed by atoms with E-state index in [9.17, 15) is 0 Å². The van der Waals surface area contributed by atoms with E-state index in [1.807, 2.05) is 24.3 Å². The van der Waals surface area contributed by atoms with Crippen LogP contribution in [0.2, 0.25) is 0 Å². The molecule has 0 bridgehead atoms. The Bertz CT molecular complexity index is 565. The quantitative estimate of drug-likeness (QED) is 0.652. The molecule has 0 spiro atoms. The Morgan fingerprint density at radius 2 is 1.56 bits per heavy atom. The molecule has 0 N–H and O–H groups in total. The van der Waals surface area contributed by atoms with E-state index in [1.165, 1.54) is 9.85 Å². The average Bonchev–Trinajstić information content (AvgIpc) is 2.72. The Hall–Kier alpha value is -1.50. The Labute approximate surface area is 100 Å². The summed E-state index contributed by atoms with van der Waals surface area (Å²) in [5.41, 5.74) is 0.982. The topological polar surface area (TPSA) is 13.1 Å². The summed E-state index contributed by atoms with van der Waals surface area (Å²) in [5.74, 6) is 0. The van der Waals surface area contributed by atoms with E-state index in [0.717, 1.165) is 10.2 Å². The van der Waals surface area contributed by atoms with Gasteiger partial charge in [0.15, 0.2) is 0 Å². The van der Waals surface area contributed by atoms with Crippen LogP contribution in [0.3, 0.4) is 0 Å². The predicted molar refractivity (Wildman–Crippen MR) is 67.7 cm³/mol. The maximum absolute atomic E-state index is 5.80. The molecule has 1 nitrogen and oxygen atoms in total. The number of fused-ring (bicyclic) bond motifs is 1. The van der Waals surface area contributed by atoms with E-state index >= 15 is 0 Å². The van der Waals surface area contributed by atoms with Gasteiger partial charge in [0.2, 0.25) is 0 Å². The van der Waals surface area contributed by atoms with Crippen molar-refractivity contribution in [2.24, 2.45) is 0 Å². The molecular formula is C14H10OSe. The van der Waals surface area contributed by atoms with Crippen LogP contribution < -0.4 is 9.12 Å². The van der Waals surface area contributed by atoms with Crippen LogP contribution in [0.1, 0.15) is 0 Å². The number of furan rings is 1. The fourth-order valence-electron chi connectivity index (χ4n) is 1.61. The van der Waals surface area contributed by atoms with Gasteiger partial charge in [-0.05, 0) is 0 Å². The van der Waals surface area contributed by atoms with Gasteiger partial charge in [-0.15, -0.1) is 0 Å². The third-order valence-electron chi connectivity index (χ3n) is 2.36. The molecule has 0 unspecified atom stereocenters. The number of para-hydroxylation sites is 1. The van der Waals surface area contributed by atoms with Gasteiger partial charge in [0, 0.05) is 0 Å². The number of hydrogen-bond acceptors (Lipinski definition) is 1. The van der Waals surface area contributed by atoms with Gasteiger partial charge in [-0.3, -0.25) is 0 Å². The molecule has 0 fully saturated rings. The van der Waals surface area contributed by atoms with Crippen molar-refractivity contribution in [1.29, 1.82) is 0 Å². The normalized spacial score (nSPS) is 10.8. The van der Waals surface area contributed by atoms with Gasteiger partial charge in [0.05, 0.1) is 0 Å². The molecule has 0 radical (unpaired) electrons. The molecule has 1 heterocycles. The summed E-state index contributed by atoms with van der Waals surface area (Å²) in [6.07, 6.45) is 0. The number of benzene rings is 2. The zero-order valence-corrected chi connectivity index (χ0v) is 10.3. The summed E-state index contributed by atoms with van der Waals surface area (Å²) < 4.78 is 8.22. The molecule has 0 saturated heterocycles. The molecule has 78 valence electrons. The van der Waals surface area contributed by atoms with Crippen LogP contribution in [0.4, 0.5) is 0 Å². The van der Waals surface area contributed by atoms with Crippen molar-refractivity contribution >= 4 is 35.0 Å². The summed E-state index contributed by atoms with van der Waals surface area (Å²) in [6, 6.07) is 20.8. The third kappa shape index (κ3) is 1.90. The van der Waals surface area contributed by atoms with Gasteiger partial charge in [0.25, 0.3) is 0 Å². The van der Waals surface area contributed by atoms with Crippen LogP contribution in [0.25, 0.3) is 11.0 Å². The second-order valence-electron chi connectivity index (χ2n) is 3.52. The zero-order valence-electron chi connectivity index (χ0n) is 8.59. The summed E-state index contributed by atoms with van der Waals surface area (Å²) in [5, 5.41) is 1.19. The van der Waals surface area contributed by atoms with E-state index in [-0.39, 0.29) is 15.0 Å². The van der Waals surface area contributed by atoms with Crippen molar-refractivity contribution in [3.05, 3.63) is 60.7 Å². The third-order valence-corrected chi connectivity index (χ3v) is 4.27. The van der Waals surface area contributed by atoms with E-state index in [0.29, 0.717) is 0 Å². The Morgan fingerprint density at radius 3 is 2.38 bits per heavy atom. The summed E-state index contributed by atoms with van der Waals surface area (Å²) in [6.45, 7) is 0. The standard InChI is InChI=1S/C14H10OSe/c1-2-7-12(8-3-1)16-14-10-11-6-4-5-9-13(11)15-14/h1-10H. The van der Waals surface area contributed by atoms with E-state index in [2.05, 4.69) is 36.4 Å². The molecule has 2 heteroatoms. The van der Waals surface area contributed by atoms with Gasteiger partial charge < -0.3 is 0 Å². The van der Waals surface area contributed by atoms with Crippen LogP contribution in [0, 0.1) is 0 Å². The average molecular weight is 273 g/mol. The maximum atomic E-state index is 5.80. The van der Waals surface area contributed by atoms with Crippen LogP contribution in [-0.2, 0) is 0 Å². The fraction of sp³-hybridized carbons (Fsp3) is 0. The molecule has 0 aliphatic heterocycles. The van der Waals surface area contributed by atoms with Crippen molar-refractivity contribution in [3.8, 4) is 0 Å². The summed E-state index contributed by atoms with van der Waals surface area (Å²) >= 11 is 0.264. The van der Waals surface area contributed by atoms with Crippen LogP contribution in [0.15, 0.2) is 65.1 Å². The van der Waals surface area contributed by atoms with E-state index in [4.69, 9.17) is 4.42 Å². The molecule has 1 aromatic heterocycles. The first-order valence-electron chi connectivity index (χ1n) is 5.13. The van der Waals surface area contributed by atoms with Gasteiger partial charge in [-0.25, -0.2) is 0 Å². The second-order valence-corrected chi connectivity index (χ2v) is 5.78. The van der Waals surface area contributed by atoms with Crippen LogP contribution in [-0.4, -0.2) is 15.0 Å². The SMILES string of the molecule is c1ccc([Se]c2cc3ccccc3o2)cc1. The molecule has 0 atom stereocenters. The van der Waals surface area contributed by atoms with Crippen molar-refractivity contribution in [3.63, 3.8) is 0 Å². The van der Waals surface area contributed by atoms with Crippen molar-refractivity contribution < 1.29 is 4.42 Å². The van der Waals surface area contributed by atoms with Gasteiger partial charge >= 0.3 is 100 Å². The van der Waals surface area contributed by atoms with Gasteiger partial charge in [-0.1, -0.05) is 0 Å². The Kier molecular flexibility index (Phi) is 2.53. The molecule has 0 saturated carbocycles. The first kappa shape index (κ1) is 9.71. The second kappa shape index (κ2) is 4.17. The monoisotopic (exact) mass is 274 g/mol. The number of hydrogen-bond donors (Lipinski definition) is 0. The molecular weight excluding hydrogens is 263 g/mol. The van der Waals surface area contributed by atoms with Crippen LogP contribution >= 0.6 is 0 Å². The number of rotatable bonds is 2. The van der Waals surface area contributed by atoms with E-state index < -0.39 is 0 Å². The first-order chi connectivity index (χ1) is 7.92.